The minimum absolute atomic E-state index is 0.110. The van der Waals surface area contributed by atoms with Crippen molar-refractivity contribution in [1.82, 2.24) is 10.7 Å². The molecular formula is C7H9N3O2. The molecule has 1 aliphatic heterocycles. The highest BCUT2D eigenvalue weighted by Gasteiger charge is 2.28. The zero-order valence-electron chi connectivity index (χ0n) is 6.46. The number of hydrogen-bond acceptors (Lipinski definition) is 3. The van der Waals surface area contributed by atoms with Gasteiger partial charge in [-0.2, -0.15) is 5.10 Å². The van der Waals surface area contributed by atoms with Crippen molar-refractivity contribution in [2.24, 2.45) is 5.10 Å². The van der Waals surface area contributed by atoms with Crippen molar-refractivity contribution >= 4 is 17.5 Å². The van der Waals surface area contributed by atoms with E-state index in [4.69, 9.17) is 0 Å². The molecule has 1 heterocycles. The normalized spacial score (nSPS) is 21.7. The molecule has 2 amide bonds. The lowest BCUT2D eigenvalue weighted by molar-refractivity contribution is -0.120. The molecule has 1 aliphatic carbocycles. The van der Waals surface area contributed by atoms with Crippen LogP contribution < -0.4 is 10.7 Å². The molecular weight excluding hydrogens is 158 g/mol. The van der Waals surface area contributed by atoms with Crippen LogP contribution in [0.1, 0.15) is 19.3 Å². The van der Waals surface area contributed by atoms with Gasteiger partial charge in [-0.25, -0.2) is 5.43 Å². The van der Waals surface area contributed by atoms with Crippen LogP contribution in [-0.2, 0) is 9.59 Å². The number of hydrazone groups is 1. The summed E-state index contributed by atoms with van der Waals surface area (Å²) in [5.74, 6) is -0.424. The minimum Gasteiger partial charge on any atom is -0.348 e. The first-order valence-corrected chi connectivity index (χ1v) is 3.92. The molecule has 2 rings (SSSR count). The van der Waals surface area contributed by atoms with Gasteiger partial charge in [0.1, 0.15) is 5.71 Å². The van der Waals surface area contributed by atoms with E-state index in [1.807, 2.05) is 0 Å². The third kappa shape index (κ3) is 1.44. The highest BCUT2D eigenvalue weighted by Crippen LogP contribution is 2.18. The number of carbonyl (C=O) groups is 2. The summed E-state index contributed by atoms with van der Waals surface area (Å²) < 4.78 is 0. The Hall–Kier alpha value is -1.39. The summed E-state index contributed by atoms with van der Waals surface area (Å²) in [6.45, 7) is 0. The third-order valence-corrected chi connectivity index (χ3v) is 1.82. The van der Waals surface area contributed by atoms with Crippen LogP contribution in [0.15, 0.2) is 5.10 Å². The molecule has 0 spiro atoms. The summed E-state index contributed by atoms with van der Waals surface area (Å²) >= 11 is 0. The third-order valence-electron chi connectivity index (χ3n) is 1.82. The summed E-state index contributed by atoms with van der Waals surface area (Å²) in [6.07, 6.45) is 2.19. The van der Waals surface area contributed by atoms with Crippen LogP contribution in [0.2, 0.25) is 0 Å². The van der Waals surface area contributed by atoms with E-state index in [0.29, 0.717) is 11.8 Å². The molecule has 1 fully saturated rings. The summed E-state index contributed by atoms with van der Waals surface area (Å²) in [4.78, 5) is 21.9. The Morgan fingerprint density at radius 3 is 2.83 bits per heavy atom. The lowest BCUT2D eigenvalue weighted by Gasteiger charge is -1.98. The van der Waals surface area contributed by atoms with Crippen LogP contribution in [0.5, 0.6) is 0 Å². The maximum Gasteiger partial charge on any atom is 0.268 e. The summed E-state index contributed by atoms with van der Waals surface area (Å²) in [6, 6.07) is 0.316. The predicted octanol–water partition coefficient (Wildman–Crippen LogP) is -0.859. The largest absolute Gasteiger partial charge is 0.348 e. The van der Waals surface area contributed by atoms with Crippen LogP contribution >= 0.6 is 0 Å². The first-order chi connectivity index (χ1) is 5.75. The molecule has 5 nitrogen and oxygen atoms in total. The second kappa shape index (κ2) is 2.58. The molecule has 5 heteroatoms. The van der Waals surface area contributed by atoms with E-state index in [1.54, 1.807) is 0 Å². The maximum absolute atomic E-state index is 11.2. The van der Waals surface area contributed by atoms with Gasteiger partial charge in [0.2, 0.25) is 5.91 Å². The Bertz CT molecular complexity index is 268. The second-order valence-electron chi connectivity index (χ2n) is 3.02. The van der Waals surface area contributed by atoms with Crippen LogP contribution in [0.4, 0.5) is 0 Å². The lowest BCUT2D eigenvalue weighted by atomic mass is 10.2. The second-order valence-corrected chi connectivity index (χ2v) is 3.02. The quantitative estimate of drug-likeness (QED) is 0.562. The molecule has 1 saturated carbocycles. The van der Waals surface area contributed by atoms with Crippen molar-refractivity contribution in [3.05, 3.63) is 0 Å². The highest BCUT2D eigenvalue weighted by molar-refractivity contribution is 6.43. The zero-order chi connectivity index (χ0) is 8.55. The molecule has 64 valence electrons. The fourth-order valence-electron chi connectivity index (χ4n) is 0.988. The Balaban J connectivity index is 1.90. The van der Waals surface area contributed by atoms with Gasteiger partial charge >= 0.3 is 0 Å². The molecule has 0 unspecified atom stereocenters. The molecule has 2 aliphatic rings. The number of hydrogen-bond donors (Lipinski definition) is 2. The number of carbonyl (C=O) groups excluding carboxylic acids is 2. The van der Waals surface area contributed by atoms with Gasteiger partial charge in [-0.3, -0.25) is 9.59 Å². The standard InChI is InChI=1S/C7H9N3O2/c11-6-3-5(9-10-6)7(12)8-4-1-2-4/h4H,1-3H2,(H,8,12)(H,10,11). The predicted molar refractivity (Wildman–Crippen MR) is 41.4 cm³/mol. The van der Waals surface area contributed by atoms with E-state index >= 15 is 0 Å². The van der Waals surface area contributed by atoms with Crippen molar-refractivity contribution in [2.75, 3.05) is 0 Å². The van der Waals surface area contributed by atoms with Crippen LogP contribution in [0.25, 0.3) is 0 Å². The van der Waals surface area contributed by atoms with E-state index < -0.39 is 0 Å². The molecule has 0 atom stereocenters. The molecule has 12 heavy (non-hydrogen) atoms. The van der Waals surface area contributed by atoms with Gasteiger partial charge in [0.15, 0.2) is 0 Å². The fraction of sp³-hybridized carbons (Fsp3) is 0.571. The van der Waals surface area contributed by atoms with Gasteiger partial charge in [0, 0.05) is 6.04 Å². The van der Waals surface area contributed by atoms with Crippen molar-refractivity contribution < 1.29 is 9.59 Å². The zero-order valence-corrected chi connectivity index (χ0v) is 6.46. The van der Waals surface area contributed by atoms with Crippen LogP contribution in [0, 0.1) is 0 Å². The van der Waals surface area contributed by atoms with Gasteiger partial charge in [0.05, 0.1) is 6.42 Å². The molecule has 0 aromatic rings. The number of rotatable bonds is 2. The molecule has 0 saturated heterocycles. The summed E-state index contributed by atoms with van der Waals surface area (Å²) in [7, 11) is 0. The van der Waals surface area contributed by atoms with Crippen LogP contribution in [0.3, 0.4) is 0 Å². The van der Waals surface area contributed by atoms with Crippen molar-refractivity contribution in [3.63, 3.8) is 0 Å². The molecule has 0 aromatic carbocycles. The van der Waals surface area contributed by atoms with E-state index in [-0.39, 0.29) is 18.2 Å². The van der Waals surface area contributed by atoms with Gasteiger partial charge in [-0.15, -0.1) is 0 Å². The Labute approximate surface area is 69.2 Å². The van der Waals surface area contributed by atoms with E-state index in [9.17, 15) is 9.59 Å². The van der Waals surface area contributed by atoms with E-state index in [1.165, 1.54) is 0 Å². The Morgan fingerprint density at radius 1 is 1.58 bits per heavy atom. The molecule has 2 N–H and O–H groups in total. The lowest BCUT2D eigenvalue weighted by Crippen LogP contribution is -2.32. The topological polar surface area (TPSA) is 70.6 Å². The Kier molecular flexibility index (Phi) is 1.56. The van der Waals surface area contributed by atoms with Gasteiger partial charge in [-0.1, -0.05) is 0 Å². The first-order valence-electron chi connectivity index (χ1n) is 3.92. The molecule has 0 bridgehead atoms. The first kappa shape index (κ1) is 7.27. The fourth-order valence-corrected chi connectivity index (χ4v) is 0.988. The van der Waals surface area contributed by atoms with Crippen molar-refractivity contribution in [2.45, 2.75) is 25.3 Å². The van der Waals surface area contributed by atoms with Crippen molar-refractivity contribution in [1.29, 1.82) is 0 Å². The van der Waals surface area contributed by atoms with Gasteiger partial charge in [0.25, 0.3) is 5.91 Å². The van der Waals surface area contributed by atoms with Gasteiger partial charge < -0.3 is 5.32 Å². The number of nitrogens with zero attached hydrogens (tertiary/aromatic N) is 1. The Morgan fingerprint density at radius 2 is 2.33 bits per heavy atom. The van der Waals surface area contributed by atoms with E-state index in [2.05, 4.69) is 15.8 Å². The average Bonchev–Trinajstić information content (AvgIpc) is 2.72. The smallest absolute Gasteiger partial charge is 0.268 e. The average molecular weight is 167 g/mol. The maximum atomic E-state index is 11.2. The number of amides is 2. The van der Waals surface area contributed by atoms with Gasteiger partial charge in [-0.05, 0) is 12.8 Å². The highest BCUT2D eigenvalue weighted by atomic mass is 16.2. The van der Waals surface area contributed by atoms with Crippen molar-refractivity contribution in [3.8, 4) is 0 Å². The minimum atomic E-state index is -0.212. The number of nitrogens with one attached hydrogen (secondary N) is 2. The molecule has 0 aromatic heterocycles. The summed E-state index contributed by atoms with van der Waals surface area (Å²) in [5.41, 5.74) is 2.53. The van der Waals surface area contributed by atoms with E-state index in [0.717, 1.165) is 12.8 Å². The SMILES string of the molecule is O=C1CC(C(=O)NC2CC2)=NN1. The van der Waals surface area contributed by atoms with Crippen LogP contribution in [-0.4, -0.2) is 23.6 Å². The monoisotopic (exact) mass is 167 g/mol. The molecule has 0 radical (unpaired) electrons. The summed E-state index contributed by atoms with van der Waals surface area (Å²) in [5, 5.41) is 6.36.